The zero-order chi connectivity index (χ0) is 29.5. The highest BCUT2D eigenvalue weighted by Gasteiger charge is 2.16. The van der Waals surface area contributed by atoms with Gasteiger partial charge in [-0.2, -0.15) is 0 Å². The molecule has 2 nitrogen and oxygen atoms in total. The summed E-state index contributed by atoms with van der Waals surface area (Å²) in [5.74, 6) is 0.618. The van der Waals surface area contributed by atoms with Crippen LogP contribution >= 0.6 is 0 Å². The topological polar surface area (TPSA) is 38.4 Å². The predicted octanol–water partition coefficient (Wildman–Crippen LogP) is 10.8. The van der Waals surface area contributed by atoms with Gasteiger partial charge in [0.15, 0.2) is 0 Å². The average Bonchev–Trinajstić information content (AvgIpc) is 2.92. The Bertz CT molecular complexity index is 1290. The minimum absolute atomic E-state index is 0.0122. The minimum atomic E-state index is -0.0122. The van der Waals surface area contributed by atoms with E-state index in [4.69, 9.17) is 10.7 Å². The van der Waals surface area contributed by atoms with Crippen LogP contribution in [0.5, 0.6) is 0 Å². The van der Waals surface area contributed by atoms with Crippen LogP contribution in [0.2, 0.25) is 0 Å². The second kappa shape index (κ2) is 16.5. The summed E-state index contributed by atoms with van der Waals surface area (Å²) < 4.78 is 0. The molecule has 0 saturated carbocycles. The summed E-state index contributed by atoms with van der Waals surface area (Å²) in [6, 6.07) is 18.8. The van der Waals surface area contributed by atoms with Gasteiger partial charge in [0, 0.05) is 23.0 Å². The minimum Gasteiger partial charge on any atom is -0.398 e. The molecule has 0 aromatic heterocycles. The largest absolute Gasteiger partial charge is 0.398 e. The fraction of sp³-hybridized carbons (Fsp3) is 0.342. The molecule has 2 N–H and O–H groups in total. The predicted molar refractivity (Wildman–Crippen MR) is 180 cm³/mol. The van der Waals surface area contributed by atoms with Gasteiger partial charge in [-0.1, -0.05) is 139 Å². The van der Waals surface area contributed by atoms with Crippen LogP contribution in [-0.4, -0.2) is 6.21 Å². The van der Waals surface area contributed by atoms with Crippen molar-refractivity contribution in [2.75, 3.05) is 0 Å². The fourth-order valence-corrected chi connectivity index (χ4v) is 4.58. The number of aliphatic imine (C=N–C) groups is 1. The third-order valence-corrected chi connectivity index (χ3v) is 6.64. The first kappa shape index (κ1) is 32.6. The Kier molecular flexibility index (Phi) is 13.4. The molecule has 0 bridgehead atoms. The quantitative estimate of drug-likeness (QED) is 0.213. The van der Waals surface area contributed by atoms with Gasteiger partial charge < -0.3 is 5.73 Å². The molecule has 0 radical (unpaired) electrons. The summed E-state index contributed by atoms with van der Waals surface area (Å²) in [7, 11) is 0. The van der Waals surface area contributed by atoms with E-state index in [2.05, 4.69) is 127 Å². The summed E-state index contributed by atoms with van der Waals surface area (Å²) in [6.45, 7) is 17.5. The van der Waals surface area contributed by atoms with Crippen LogP contribution in [0, 0.1) is 11.3 Å². The highest BCUT2D eigenvalue weighted by Crippen LogP contribution is 2.30. The Morgan fingerprint density at radius 3 is 2.12 bits per heavy atom. The van der Waals surface area contributed by atoms with Crippen LogP contribution in [0.15, 0.2) is 113 Å². The Balaban J connectivity index is 2.76. The molecule has 0 amide bonds. The van der Waals surface area contributed by atoms with Crippen molar-refractivity contribution in [2.24, 2.45) is 22.1 Å². The highest BCUT2D eigenvalue weighted by molar-refractivity contribution is 5.92. The van der Waals surface area contributed by atoms with E-state index in [1.165, 1.54) is 11.1 Å². The molecule has 212 valence electrons. The molecule has 0 aliphatic heterocycles. The summed E-state index contributed by atoms with van der Waals surface area (Å²) in [6.07, 6.45) is 20.2. The number of nitrogens with zero attached hydrogens (tertiary/aromatic N) is 1. The van der Waals surface area contributed by atoms with Gasteiger partial charge in [0.2, 0.25) is 0 Å². The van der Waals surface area contributed by atoms with Crippen LogP contribution in [0.4, 0.5) is 0 Å². The first-order valence-electron chi connectivity index (χ1n) is 14.7. The van der Waals surface area contributed by atoms with Gasteiger partial charge in [0.1, 0.15) is 0 Å². The van der Waals surface area contributed by atoms with E-state index in [1.807, 2.05) is 31.3 Å². The van der Waals surface area contributed by atoms with E-state index in [1.54, 1.807) is 0 Å². The van der Waals surface area contributed by atoms with Crippen LogP contribution in [0.3, 0.4) is 0 Å². The number of rotatable bonds is 12. The molecule has 2 aromatic rings. The third-order valence-electron chi connectivity index (χ3n) is 6.64. The summed E-state index contributed by atoms with van der Waals surface area (Å²) in [5, 5.41) is 0. The molecule has 0 unspecified atom stereocenters. The molecule has 0 aliphatic carbocycles. The van der Waals surface area contributed by atoms with Crippen molar-refractivity contribution in [3.05, 3.63) is 125 Å². The first-order chi connectivity index (χ1) is 19.1. The van der Waals surface area contributed by atoms with E-state index in [9.17, 15) is 0 Å². The SMILES string of the molecule is C\C=C(/C=N/C(=C/C(=C\C=C\C)c1ccccc1)c1ccccc1/C(N)=C/C=C(\CCC)CC(C)C)C(C)(C)C. The summed E-state index contributed by atoms with van der Waals surface area (Å²) >= 11 is 0. The molecule has 0 fully saturated rings. The molecule has 0 saturated heterocycles. The lowest BCUT2D eigenvalue weighted by molar-refractivity contribution is 0.526. The van der Waals surface area contributed by atoms with Gasteiger partial charge in [-0.05, 0) is 66.9 Å². The van der Waals surface area contributed by atoms with E-state index in [0.29, 0.717) is 5.92 Å². The van der Waals surface area contributed by atoms with Gasteiger partial charge in [0.05, 0.1) is 5.70 Å². The highest BCUT2D eigenvalue weighted by atomic mass is 14.7. The van der Waals surface area contributed by atoms with Crippen molar-refractivity contribution >= 4 is 23.2 Å². The first-order valence-corrected chi connectivity index (χ1v) is 14.7. The van der Waals surface area contributed by atoms with Gasteiger partial charge in [-0.25, -0.2) is 0 Å². The second-order valence-electron chi connectivity index (χ2n) is 11.6. The molecule has 0 spiro atoms. The maximum atomic E-state index is 6.78. The Morgan fingerprint density at radius 2 is 1.55 bits per heavy atom. The zero-order valence-corrected chi connectivity index (χ0v) is 26.0. The lowest BCUT2D eigenvalue weighted by Crippen LogP contribution is -2.10. The van der Waals surface area contributed by atoms with Crippen LogP contribution < -0.4 is 5.73 Å². The Labute approximate surface area is 244 Å². The molecular formula is C38H50N2. The number of hydrogen-bond acceptors (Lipinski definition) is 2. The Hall–Kier alpha value is -3.65. The molecule has 0 heterocycles. The smallest absolute Gasteiger partial charge is 0.0715 e. The monoisotopic (exact) mass is 534 g/mol. The van der Waals surface area contributed by atoms with E-state index < -0.39 is 0 Å². The average molecular weight is 535 g/mol. The number of hydrogen-bond donors (Lipinski definition) is 1. The van der Waals surface area contributed by atoms with Gasteiger partial charge >= 0.3 is 0 Å². The van der Waals surface area contributed by atoms with Crippen molar-refractivity contribution < 1.29 is 0 Å². The van der Waals surface area contributed by atoms with Crippen molar-refractivity contribution in [1.82, 2.24) is 0 Å². The number of allylic oxidation sites excluding steroid dienone is 10. The van der Waals surface area contributed by atoms with Crippen molar-refractivity contribution in [3.8, 4) is 0 Å². The lowest BCUT2D eigenvalue weighted by atomic mass is 9.87. The van der Waals surface area contributed by atoms with E-state index in [0.717, 1.165) is 52.9 Å². The molecule has 0 atom stereocenters. The third kappa shape index (κ3) is 10.5. The lowest BCUT2D eigenvalue weighted by Gasteiger charge is -2.19. The van der Waals surface area contributed by atoms with Gasteiger partial charge in [0.25, 0.3) is 0 Å². The van der Waals surface area contributed by atoms with Crippen LogP contribution in [-0.2, 0) is 0 Å². The van der Waals surface area contributed by atoms with Crippen LogP contribution in [0.25, 0.3) is 17.0 Å². The van der Waals surface area contributed by atoms with Gasteiger partial charge in [-0.3, -0.25) is 4.99 Å². The molecule has 40 heavy (non-hydrogen) atoms. The maximum Gasteiger partial charge on any atom is 0.0715 e. The van der Waals surface area contributed by atoms with Crippen molar-refractivity contribution in [2.45, 2.75) is 74.7 Å². The number of benzene rings is 2. The fourth-order valence-electron chi connectivity index (χ4n) is 4.58. The summed E-state index contributed by atoms with van der Waals surface area (Å²) in [4.78, 5) is 5.12. The normalized spacial score (nSPS) is 14.7. The molecule has 2 aromatic carbocycles. The number of nitrogens with two attached hydrogens (primary N) is 1. The molecular weight excluding hydrogens is 484 g/mol. The van der Waals surface area contributed by atoms with E-state index >= 15 is 0 Å². The standard InChI is InChI=1S/C38H50N2/c1-9-12-19-32(31-20-14-13-15-21-31)27-37(40-28-33(11-3)38(6,7)8)35-23-17-16-22-34(35)36(39)25-24-30(18-10-2)26-29(4)5/h9,11-17,19-25,27-29H,10,18,26,39H2,1-8H3/b12-9+,30-24+,32-19+,33-11+,36-25-,37-27+,40-28+. The maximum absolute atomic E-state index is 6.78. The molecule has 2 heteroatoms. The van der Waals surface area contributed by atoms with E-state index in [-0.39, 0.29) is 5.41 Å². The Morgan fingerprint density at radius 1 is 0.900 bits per heavy atom. The van der Waals surface area contributed by atoms with Crippen LogP contribution in [0.1, 0.15) is 91.3 Å². The molecule has 2 rings (SSSR count). The second-order valence-corrected chi connectivity index (χ2v) is 11.6. The van der Waals surface area contributed by atoms with Gasteiger partial charge in [-0.15, -0.1) is 0 Å². The van der Waals surface area contributed by atoms with Crippen molar-refractivity contribution in [1.29, 1.82) is 0 Å². The van der Waals surface area contributed by atoms with Crippen molar-refractivity contribution in [3.63, 3.8) is 0 Å². The summed E-state index contributed by atoms with van der Waals surface area (Å²) in [5.41, 5.74) is 15.2. The molecule has 0 aliphatic rings. The zero-order valence-electron chi connectivity index (χ0n) is 26.0.